The van der Waals surface area contributed by atoms with Crippen LogP contribution in [0.4, 0.5) is 36.1 Å². The summed E-state index contributed by atoms with van der Waals surface area (Å²) >= 11 is 0.681. The van der Waals surface area contributed by atoms with Gasteiger partial charge in [-0.2, -0.15) is 38.8 Å². The maximum Gasteiger partial charge on any atom is 0.417 e. The van der Waals surface area contributed by atoms with Gasteiger partial charge in [0.25, 0.3) is 0 Å². The normalized spacial score (nSPS) is 26.7. The molecule has 310 valence electrons. The van der Waals surface area contributed by atoms with Gasteiger partial charge in [-0.15, -0.1) is 16.4 Å². The standard InChI is InChI=1S/C41H36F6N10O2S/c42-22-13-40(8-2-10-55(40)17-22)19-59-37-52-32(21-7-9-39(12-21)18-56(35(39)20-3-1-4-20)38(58)57-51-16-23(14-48)54-57)25-11-27(41(45,46)47)30(31(44)33(25)53-37)24-5-6-28(43)34-29(24)26(15-49)36(50)60-34/h5-6,11,16,20-22,35H,1-4,7-10,12-13,17-19,50H2/t21?,22-,35?,39?,40+/m1/s1. The van der Waals surface area contributed by atoms with Crippen molar-refractivity contribution < 1.29 is 35.9 Å². The second kappa shape index (κ2) is 13.8. The Kier molecular flexibility index (Phi) is 8.86. The number of nitrogens with two attached hydrogens (primary N) is 1. The third kappa shape index (κ3) is 5.83. The molecule has 0 radical (unpaired) electrons. The molecule has 5 aliphatic rings. The largest absolute Gasteiger partial charge is 0.461 e. The van der Waals surface area contributed by atoms with Crippen molar-refractivity contribution in [2.24, 2.45) is 11.3 Å². The molecule has 60 heavy (non-hydrogen) atoms. The Bertz CT molecular complexity index is 2700. The molecule has 0 bridgehead atoms. The quantitative estimate of drug-likeness (QED) is 0.165. The van der Waals surface area contributed by atoms with Crippen molar-refractivity contribution in [3.63, 3.8) is 0 Å². The fourth-order valence-corrected chi connectivity index (χ4v) is 12.0. The Balaban J connectivity index is 1.10. The summed E-state index contributed by atoms with van der Waals surface area (Å²) < 4.78 is 99.3. The van der Waals surface area contributed by atoms with Gasteiger partial charge in [0.15, 0.2) is 11.5 Å². The van der Waals surface area contributed by atoms with E-state index in [1.54, 1.807) is 4.90 Å². The number of amides is 1. The van der Waals surface area contributed by atoms with Crippen LogP contribution in [0.15, 0.2) is 24.4 Å². The van der Waals surface area contributed by atoms with Crippen LogP contribution in [0.2, 0.25) is 0 Å². The molecule has 3 aromatic heterocycles. The van der Waals surface area contributed by atoms with Gasteiger partial charge < -0.3 is 15.4 Å². The summed E-state index contributed by atoms with van der Waals surface area (Å²) in [5.41, 5.74) is 1.72. The van der Waals surface area contributed by atoms with Crippen molar-refractivity contribution in [2.75, 3.05) is 32.0 Å². The van der Waals surface area contributed by atoms with Gasteiger partial charge in [-0.25, -0.2) is 18.0 Å². The minimum Gasteiger partial charge on any atom is -0.461 e. The number of likely N-dealkylation sites (tertiary alicyclic amines) is 1. The highest BCUT2D eigenvalue weighted by atomic mass is 32.1. The summed E-state index contributed by atoms with van der Waals surface area (Å²) in [5, 5.41) is 26.6. The molecule has 19 heteroatoms. The topological polar surface area (TPSA) is 163 Å². The number of aromatic nitrogens is 5. The van der Waals surface area contributed by atoms with Crippen molar-refractivity contribution in [1.82, 2.24) is 34.8 Å². The van der Waals surface area contributed by atoms with Crippen LogP contribution < -0.4 is 10.5 Å². The minimum absolute atomic E-state index is 0.00604. The number of carbonyl (C=O) groups excluding carboxylic acids is 1. The van der Waals surface area contributed by atoms with Gasteiger partial charge in [-0.05, 0) is 75.1 Å². The highest BCUT2D eigenvalue weighted by molar-refractivity contribution is 7.23. The molecular formula is C41H36F6N10O2S. The van der Waals surface area contributed by atoms with E-state index in [2.05, 4.69) is 15.2 Å². The zero-order valence-electron chi connectivity index (χ0n) is 31.9. The van der Waals surface area contributed by atoms with Crippen LogP contribution in [0, 0.1) is 45.6 Å². The molecule has 5 fully saturated rings. The summed E-state index contributed by atoms with van der Waals surface area (Å²) in [6.45, 7) is 1.23. The lowest BCUT2D eigenvalue weighted by atomic mass is 9.60. The highest BCUT2D eigenvalue weighted by Crippen LogP contribution is 2.60. The number of benzene rings is 2. The van der Waals surface area contributed by atoms with Gasteiger partial charge in [0, 0.05) is 53.2 Å². The van der Waals surface area contributed by atoms with Crippen molar-refractivity contribution in [2.45, 2.75) is 87.6 Å². The van der Waals surface area contributed by atoms with E-state index in [9.17, 15) is 19.7 Å². The van der Waals surface area contributed by atoms with Crippen molar-refractivity contribution in [3.05, 3.63) is 58.5 Å². The lowest BCUT2D eigenvalue weighted by Gasteiger charge is -2.60. The number of nitriles is 2. The number of hydrogen-bond donors (Lipinski definition) is 1. The number of hydrogen-bond acceptors (Lipinski definition) is 11. The maximum atomic E-state index is 17.5. The van der Waals surface area contributed by atoms with Crippen molar-refractivity contribution in [3.8, 4) is 29.3 Å². The van der Waals surface area contributed by atoms with Gasteiger partial charge >= 0.3 is 18.2 Å². The van der Waals surface area contributed by atoms with Gasteiger partial charge in [0.2, 0.25) is 0 Å². The Morgan fingerprint density at radius 3 is 2.62 bits per heavy atom. The number of nitrogen functional groups attached to an aromatic ring is 1. The number of halogens is 6. The first kappa shape index (κ1) is 38.7. The van der Waals surface area contributed by atoms with Crippen molar-refractivity contribution in [1.29, 1.82) is 10.5 Å². The van der Waals surface area contributed by atoms with Crippen LogP contribution in [0.3, 0.4) is 0 Å². The SMILES string of the molecule is N#Cc1cnn(C(=O)N2CC3(CCC(c4nc(OC[C@@]56CCCN5C[C@H](F)C6)nc5c(F)c(-c6ccc(F)c7sc(N)c(C#N)c67)c(C(F)(F)F)cc45)C3)C2C2CCC2)n1. The Labute approximate surface area is 342 Å². The highest BCUT2D eigenvalue weighted by Gasteiger charge is 2.61. The van der Waals surface area contributed by atoms with Crippen LogP contribution in [0.1, 0.15) is 86.2 Å². The number of nitrogens with zero attached hydrogens (tertiary/aromatic N) is 9. The summed E-state index contributed by atoms with van der Waals surface area (Å²) in [5.74, 6) is -2.52. The molecule has 2 saturated carbocycles. The smallest absolute Gasteiger partial charge is 0.417 e. The average Bonchev–Trinajstić information content (AvgIpc) is 4.03. The van der Waals surface area contributed by atoms with Crippen LogP contribution in [-0.2, 0) is 6.18 Å². The number of carbonyl (C=O) groups is 1. The summed E-state index contributed by atoms with van der Waals surface area (Å²) in [7, 11) is 0. The van der Waals surface area contributed by atoms with E-state index in [-0.39, 0.29) is 80.5 Å². The van der Waals surface area contributed by atoms with Crippen LogP contribution in [0.25, 0.3) is 32.1 Å². The monoisotopic (exact) mass is 846 g/mol. The minimum atomic E-state index is -5.13. The number of ether oxygens (including phenoxy) is 1. The second-order valence-electron chi connectivity index (χ2n) is 17.0. The number of anilines is 1. The van der Waals surface area contributed by atoms with Gasteiger partial charge in [0.05, 0.1) is 33.3 Å². The van der Waals surface area contributed by atoms with Gasteiger partial charge in [0.1, 0.15) is 41.3 Å². The molecule has 2 aliphatic carbocycles. The third-order valence-corrected chi connectivity index (χ3v) is 14.8. The summed E-state index contributed by atoms with van der Waals surface area (Å²) in [6.07, 6.45) is 0.944. The molecule has 3 saturated heterocycles. The summed E-state index contributed by atoms with van der Waals surface area (Å²) in [4.78, 5) is 27.5. The molecule has 2 aromatic carbocycles. The van der Waals surface area contributed by atoms with E-state index in [1.165, 1.54) is 6.20 Å². The van der Waals surface area contributed by atoms with Crippen LogP contribution >= 0.6 is 11.3 Å². The third-order valence-electron chi connectivity index (χ3n) is 13.8. The fourth-order valence-electron chi connectivity index (χ4n) is 11.0. The van der Waals surface area contributed by atoms with E-state index in [1.807, 2.05) is 17.0 Å². The van der Waals surface area contributed by atoms with Crippen LogP contribution in [0.5, 0.6) is 6.01 Å². The Hall–Kier alpha value is -5.53. The first-order valence-electron chi connectivity index (χ1n) is 19.9. The van der Waals surface area contributed by atoms with E-state index in [4.69, 9.17) is 15.5 Å². The molecule has 3 unspecified atom stereocenters. The van der Waals surface area contributed by atoms with E-state index in [0.29, 0.717) is 50.1 Å². The molecule has 3 aliphatic heterocycles. The van der Waals surface area contributed by atoms with E-state index >= 15 is 22.0 Å². The molecule has 12 nitrogen and oxygen atoms in total. The van der Waals surface area contributed by atoms with E-state index < -0.39 is 63.5 Å². The lowest BCUT2D eigenvalue weighted by Crippen LogP contribution is -2.69. The molecule has 5 atom stereocenters. The van der Waals surface area contributed by atoms with Crippen molar-refractivity contribution >= 4 is 43.4 Å². The molecule has 10 rings (SSSR count). The molecule has 2 N–H and O–H groups in total. The van der Waals surface area contributed by atoms with Gasteiger partial charge in [-0.3, -0.25) is 4.90 Å². The molecule has 1 spiro atoms. The fraction of sp³-hybridized carbons (Fsp3) is 0.488. The first-order chi connectivity index (χ1) is 28.7. The van der Waals surface area contributed by atoms with E-state index in [0.717, 1.165) is 48.7 Å². The zero-order chi connectivity index (χ0) is 41.9. The number of alkyl halides is 4. The number of thiophene rings is 1. The molecule has 1 amide bonds. The zero-order valence-corrected chi connectivity index (χ0v) is 32.7. The predicted octanol–water partition coefficient (Wildman–Crippen LogP) is 8.09. The lowest BCUT2D eigenvalue weighted by molar-refractivity contribution is -0.137. The predicted molar refractivity (Wildman–Crippen MR) is 205 cm³/mol. The Morgan fingerprint density at radius 2 is 1.90 bits per heavy atom. The average molecular weight is 847 g/mol. The number of rotatable bonds is 6. The maximum absolute atomic E-state index is 17.5. The first-order valence-corrected chi connectivity index (χ1v) is 20.7. The molecular weight excluding hydrogens is 811 g/mol. The number of fused-ring (bicyclic) bond motifs is 3. The molecule has 6 heterocycles. The Morgan fingerprint density at radius 1 is 1.08 bits per heavy atom. The second-order valence-corrected chi connectivity index (χ2v) is 18.0. The van der Waals surface area contributed by atoms with Crippen LogP contribution in [-0.4, -0.2) is 84.8 Å². The molecule has 5 aromatic rings. The van der Waals surface area contributed by atoms with Gasteiger partial charge in [-0.1, -0.05) is 17.3 Å². The summed E-state index contributed by atoms with van der Waals surface area (Å²) in [6, 6.07) is 5.50.